The first-order valence-corrected chi connectivity index (χ1v) is 5.99. The Morgan fingerprint density at radius 3 is 2.80 bits per heavy atom. The van der Waals surface area contributed by atoms with Crippen molar-refractivity contribution in [1.29, 1.82) is 0 Å². The van der Waals surface area contributed by atoms with Crippen LogP contribution < -0.4 is 10.6 Å². The number of thiophene rings is 1. The van der Waals surface area contributed by atoms with Crippen molar-refractivity contribution in [3.63, 3.8) is 0 Å². The van der Waals surface area contributed by atoms with Crippen molar-refractivity contribution < 1.29 is 0 Å². The van der Waals surface area contributed by atoms with Crippen molar-refractivity contribution in [2.75, 3.05) is 17.2 Å². The standard InChI is InChI=1S/C12H12N2S/c1-2-4-11-10(3-1)13-7-12(14-11)9-5-6-15-8-9/h1-6,8,12-14H,7H2/t12-/m1/s1. The van der Waals surface area contributed by atoms with Gasteiger partial charge in [0.1, 0.15) is 0 Å². The zero-order chi connectivity index (χ0) is 10.1. The predicted octanol–water partition coefficient (Wildman–Crippen LogP) is 3.33. The molecule has 2 heterocycles. The van der Waals surface area contributed by atoms with E-state index in [1.54, 1.807) is 11.3 Å². The van der Waals surface area contributed by atoms with Crippen LogP contribution in [-0.4, -0.2) is 6.54 Å². The van der Waals surface area contributed by atoms with E-state index in [4.69, 9.17) is 0 Å². The molecule has 0 spiro atoms. The van der Waals surface area contributed by atoms with E-state index >= 15 is 0 Å². The molecule has 0 radical (unpaired) electrons. The van der Waals surface area contributed by atoms with E-state index in [0.717, 1.165) is 6.54 Å². The highest BCUT2D eigenvalue weighted by Gasteiger charge is 2.17. The van der Waals surface area contributed by atoms with Gasteiger partial charge in [0, 0.05) is 6.54 Å². The van der Waals surface area contributed by atoms with Gasteiger partial charge in [-0.15, -0.1) is 0 Å². The maximum atomic E-state index is 3.54. The fraction of sp³-hybridized carbons (Fsp3) is 0.167. The third-order valence-electron chi connectivity index (χ3n) is 2.70. The first-order valence-electron chi connectivity index (χ1n) is 5.05. The van der Waals surface area contributed by atoms with E-state index in [-0.39, 0.29) is 0 Å². The Morgan fingerprint density at radius 2 is 2.00 bits per heavy atom. The first-order chi connectivity index (χ1) is 7.43. The number of anilines is 2. The molecule has 1 aliphatic rings. The van der Waals surface area contributed by atoms with Crippen molar-refractivity contribution in [3.8, 4) is 0 Å². The number of hydrogen-bond donors (Lipinski definition) is 2. The summed E-state index contributed by atoms with van der Waals surface area (Å²) in [5.41, 5.74) is 3.76. The Labute approximate surface area is 93.0 Å². The normalized spacial score (nSPS) is 18.8. The molecule has 1 aliphatic heterocycles. The molecule has 0 fully saturated rings. The molecule has 76 valence electrons. The number of nitrogens with one attached hydrogen (secondary N) is 2. The minimum Gasteiger partial charge on any atom is -0.381 e. The Kier molecular flexibility index (Phi) is 2.10. The number of rotatable bonds is 1. The van der Waals surface area contributed by atoms with E-state index in [1.165, 1.54) is 16.9 Å². The van der Waals surface area contributed by atoms with Crippen molar-refractivity contribution in [3.05, 3.63) is 46.7 Å². The van der Waals surface area contributed by atoms with Gasteiger partial charge in [0.05, 0.1) is 17.4 Å². The van der Waals surface area contributed by atoms with Crippen LogP contribution in [0.25, 0.3) is 0 Å². The highest BCUT2D eigenvalue weighted by atomic mass is 32.1. The Morgan fingerprint density at radius 1 is 1.13 bits per heavy atom. The lowest BCUT2D eigenvalue weighted by Crippen LogP contribution is -2.25. The van der Waals surface area contributed by atoms with Crippen LogP contribution in [0.2, 0.25) is 0 Å². The quantitative estimate of drug-likeness (QED) is 0.764. The molecular weight excluding hydrogens is 204 g/mol. The summed E-state index contributed by atoms with van der Waals surface area (Å²) < 4.78 is 0. The van der Waals surface area contributed by atoms with Crippen LogP contribution in [-0.2, 0) is 0 Å². The SMILES string of the molecule is c1ccc2c(c1)NC[C@H](c1ccsc1)N2. The molecule has 1 aromatic carbocycles. The van der Waals surface area contributed by atoms with Crippen LogP contribution in [0.3, 0.4) is 0 Å². The molecule has 3 rings (SSSR count). The van der Waals surface area contributed by atoms with Gasteiger partial charge in [0.25, 0.3) is 0 Å². The van der Waals surface area contributed by atoms with Gasteiger partial charge in [-0.25, -0.2) is 0 Å². The van der Waals surface area contributed by atoms with Crippen molar-refractivity contribution in [2.24, 2.45) is 0 Å². The van der Waals surface area contributed by atoms with Crippen LogP contribution in [0.15, 0.2) is 41.1 Å². The second-order valence-corrected chi connectivity index (χ2v) is 4.46. The molecule has 0 saturated heterocycles. The molecule has 2 aromatic rings. The van der Waals surface area contributed by atoms with E-state index in [2.05, 4.69) is 51.7 Å². The van der Waals surface area contributed by atoms with Gasteiger partial charge in [-0.1, -0.05) is 12.1 Å². The Hall–Kier alpha value is -1.48. The highest BCUT2D eigenvalue weighted by Crippen LogP contribution is 2.31. The van der Waals surface area contributed by atoms with Crippen LogP contribution >= 0.6 is 11.3 Å². The number of benzene rings is 1. The lowest BCUT2D eigenvalue weighted by atomic mass is 10.1. The molecule has 0 saturated carbocycles. The monoisotopic (exact) mass is 216 g/mol. The highest BCUT2D eigenvalue weighted by molar-refractivity contribution is 7.08. The Bertz CT molecular complexity index is 450. The zero-order valence-corrected chi connectivity index (χ0v) is 9.05. The van der Waals surface area contributed by atoms with E-state index in [9.17, 15) is 0 Å². The molecule has 3 heteroatoms. The summed E-state index contributed by atoms with van der Waals surface area (Å²) in [6, 6.07) is 10.9. The van der Waals surface area contributed by atoms with Crippen molar-refractivity contribution >= 4 is 22.7 Å². The summed E-state index contributed by atoms with van der Waals surface area (Å²) >= 11 is 1.75. The minimum absolute atomic E-state index is 0.395. The first kappa shape index (κ1) is 8.80. The van der Waals surface area contributed by atoms with Crippen LogP contribution in [0.1, 0.15) is 11.6 Å². The number of fused-ring (bicyclic) bond motifs is 1. The molecule has 2 N–H and O–H groups in total. The molecule has 0 bridgehead atoms. The summed E-state index contributed by atoms with van der Waals surface area (Å²) in [6.45, 7) is 0.952. The molecule has 15 heavy (non-hydrogen) atoms. The van der Waals surface area contributed by atoms with Crippen LogP contribution in [0, 0.1) is 0 Å². The van der Waals surface area contributed by atoms with Crippen molar-refractivity contribution in [2.45, 2.75) is 6.04 Å². The summed E-state index contributed by atoms with van der Waals surface area (Å²) in [4.78, 5) is 0. The largest absolute Gasteiger partial charge is 0.381 e. The summed E-state index contributed by atoms with van der Waals surface area (Å²) in [7, 11) is 0. The van der Waals surface area contributed by atoms with E-state index < -0.39 is 0 Å². The van der Waals surface area contributed by atoms with Gasteiger partial charge in [-0.3, -0.25) is 0 Å². The van der Waals surface area contributed by atoms with E-state index in [1.807, 2.05) is 0 Å². The van der Waals surface area contributed by atoms with Crippen molar-refractivity contribution in [1.82, 2.24) is 0 Å². The van der Waals surface area contributed by atoms with Gasteiger partial charge in [0.15, 0.2) is 0 Å². The topological polar surface area (TPSA) is 24.1 Å². The maximum absolute atomic E-state index is 3.54. The average Bonchev–Trinajstić information content (AvgIpc) is 2.82. The molecule has 0 unspecified atom stereocenters. The minimum atomic E-state index is 0.395. The lowest BCUT2D eigenvalue weighted by molar-refractivity contribution is 0.807. The smallest absolute Gasteiger partial charge is 0.0695 e. The Balaban J connectivity index is 1.89. The maximum Gasteiger partial charge on any atom is 0.0695 e. The third-order valence-corrected chi connectivity index (χ3v) is 3.40. The second kappa shape index (κ2) is 3.59. The second-order valence-electron chi connectivity index (χ2n) is 3.68. The van der Waals surface area contributed by atoms with Gasteiger partial charge >= 0.3 is 0 Å². The molecule has 0 amide bonds. The molecule has 2 nitrogen and oxygen atoms in total. The van der Waals surface area contributed by atoms with Gasteiger partial charge in [0.2, 0.25) is 0 Å². The lowest BCUT2D eigenvalue weighted by Gasteiger charge is -2.27. The molecule has 0 aliphatic carbocycles. The van der Waals surface area contributed by atoms with Crippen LogP contribution in [0.5, 0.6) is 0 Å². The number of hydrogen-bond acceptors (Lipinski definition) is 3. The summed E-state index contributed by atoms with van der Waals surface area (Å²) in [5, 5.41) is 11.3. The van der Waals surface area contributed by atoms with Gasteiger partial charge in [-0.05, 0) is 34.5 Å². The number of para-hydroxylation sites is 2. The third kappa shape index (κ3) is 1.59. The fourth-order valence-corrected chi connectivity index (χ4v) is 2.60. The summed E-state index contributed by atoms with van der Waals surface area (Å²) in [6.07, 6.45) is 0. The predicted molar refractivity (Wildman–Crippen MR) is 65.6 cm³/mol. The zero-order valence-electron chi connectivity index (χ0n) is 8.23. The van der Waals surface area contributed by atoms with Gasteiger partial charge in [-0.2, -0.15) is 11.3 Å². The molecular formula is C12H12N2S. The van der Waals surface area contributed by atoms with Gasteiger partial charge < -0.3 is 10.6 Å². The molecule has 1 aromatic heterocycles. The van der Waals surface area contributed by atoms with Crippen LogP contribution in [0.4, 0.5) is 11.4 Å². The summed E-state index contributed by atoms with van der Waals surface area (Å²) in [5.74, 6) is 0. The average molecular weight is 216 g/mol. The van der Waals surface area contributed by atoms with E-state index in [0.29, 0.717) is 6.04 Å². The fourth-order valence-electron chi connectivity index (χ4n) is 1.89. The molecule has 1 atom stereocenters.